The van der Waals surface area contributed by atoms with Gasteiger partial charge in [-0.2, -0.15) is 0 Å². The van der Waals surface area contributed by atoms with E-state index in [9.17, 15) is 5.11 Å². The van der Waals surface area contributed by atoms with Crippen LogP contribution < -0.4 is 0 Å². The first-order valence-corrected chi connectivity index (χ1v) is 4.91. The lowest BCUT2D eigenvalue weighted by Crippen LogP contribution is -2.13. The van der Waals surface area contributed by atoms with Crippen molar-refractivity contribution in [3.8, 4) is 0 Å². The van der Waals surface area contributed by atoms with E-state index in [2.05, 4.69) is 12.1 Å². The summed E-state index contributed by atoms with van der Waals surface area (Å²) in [6.07, 6.45) is 1.73. The summed E-state index contributed by atoms with van der Waals surface area (Å²) in [4.78, 5) is 0. The van der Waals surface area contributed by atoms with Crippen LogP contribution >= 0.6 is 12.2 Å². The molecule has 1 atom stereocenters. The monoisotopic (exact) mass is 194 g/mol. The third kappa shape index (κ3) is 3.15. The van der Waals surface area contributed by atoms with Crippen molar-refractivity contribution in [2.24, 2.45) is 5.92 Å². The van der Waals surface area contributed by atoms with E-state index in [0.717, 1.165) is 12.8 Å². The van der Waals surface area contributed by atoms with Gasteiger partial charge >= 0.3 is 0 Å². The van der Waals surface area contributed by atoms with Crippen molar-refractivity contribution in [2.75, 3.05) is 0 Å². The lowest BCUT2D eigenvalue weighted by molar-refractivity contribution is 0.486. The van der Waals surface area contributed by atoms with Gasteiger partial charge in [0.25, 0.3) is 0 Å². The van der Waals surface area contributed by atoms with Gasteiger partial charge in [0, 0.05) is 5.92 Å². The van der Waals surface area contributed by atoms with Crippen LogP contribution in [0.1, 0.15) is 18.9 Å². The Balaban J connectivity index is 2.62. The zero-order valence-electron chi connectivity index (χ0n) is 7.73. The van der Waals surface area contributed by atoms with Crippen LogP contribution in [0.25, 0.3) is 0 Å². The predicted molar refractivity (Wildman–Crippen MR) is 59.2 cm³/mol. The van der Waals surface area contributed by atoms with E-state index in [4.69, 9.17) is 12.2 Å². The SMILES string of the molecule is CCC(Cc1ccccc1)C(O)=S. The van der Waals surface area contributed by atoms with E-state index in [1.807, 2.05) is 25.1 Å². The van der Waals surface area contributed by atoms with Crippen LogP contribution in [0.3, 0.4) is 0 Å². The minimum atomic E-state index is 0.123. The average molecular weight is 194 g/mol. The van der Waals surface area contributed by atoms with Gasteiger partial charge in [0.15, 0.2) is 5.05 Å². The summed E-state index contributed by atoms with van der Waals surface area (Å²) in [6, 6.07) is 10.1. The first-order chi connectivity index (χ1) is 6.24. The smallest absolute Gasteiger partial charge is 0.159 e. The number of benzene rings is 1. The molecule has 0 radical (unpaired) electrons. The molecule has 0 heterocycles. The molecule has 70 valence electrons. The number of aliphatic hydroxyl groups is 1. The van der Waals surface area contributed by atoms with Crippen LogP contribution in [0.5, 0.6) is 0 Å². The summed E-state index contributed by atoms with van der Waals surface area (Å²) in [6.45, 7) is 2.04. The van der Waals surface area contributed by atoms with Gasteiger partial charge in [-0.1, -0.05) is 37.3 Å². The van der Waals surface area contributed by atoms with E-state index in [0.29, 0.717) is 0 Å². The van der Waals surface area contributed by atoms with Gasteiger partial charge in [-0.05, 0) is 30.6 Å². The summed E-state index contributed by atoms with van der Waals surface area (Å²) in [5, 5.41) is 9.34. The van der Waals surface area contributed by atoms with Gasteiger partial charge in [0.05, 0.1) is 0 Å². The van der Waals surface area contributed by atoms with Crippen molar-refractivity contribution < 1.29 is 5.11 Å². The molecule has 0 aliphatic carbocycles. The number of aliphatic hydroxyl groups excluding tert-OH is 1. The van der Waals surface area contributed by atoms with Crippen molar-refractivity contribution in [3.05, 3.63) is 35.9 Å². The molecule has 0 bridgehead atoms. The first kappa shape index (κ1) is 10.2. The van der Waals surface area contributed by atoms with E-state index in [1.54, 1.807) is 0 Å². The molecule has 1 unspecified atom stereocenters. The van der Waals surface area contributed by atoms with Crippen LogP contribution in [0, 0.1) is 5.92 Å². The second-order valence-corrected chi connectivity index (χ2v) is 3.55. The van der Waals surface area contributed by atoms with Crippen LogP contribution in [-0.2, 0) is 6.42 Å². The molecule has 13 heavy (non-hydrogen) atoms. The third-order valence-corrected chi connectivity index (χ3v) is 2.50. The van der Waals surface area contributed by atoms with Gasteiger partial charge < -0.3 is 5.11 Å². The number of rotatable bonds is 4. The third-order valence-electron chi connectivity index (χ3n) is 2.17. The second kappa shape index (κ2) is 4.97. The molecule has 0 saturated carbocycles. The maximum Gasteiger partial charge on any atom is 0.159 e. The molecule has 1 aromatic rings. The topological polar surface area (TPSA) is 20.2 Å². The van der Waals surface area contributed by atoms with Gasteiger partial charge in [0.1, 0.15) is 0 Å². The van der Waals surface area contributed by atoms with Crippen molar-refractivity contribution >= 4 is 17.3 Å². The molecule has 0 aromatic heterocycles. The van der Waals surface area contributed by atoms with E-state index in [-0.39, 0.29) is 11.0 Å². The Bertz CT molecular complexity index is 269. The van der Waals surface area contributed by atoms with Crippen molar-refractivity contribution in [3.63, 3.8) is 0 Å². The second-order valence-electron chi connectivity index (χ2n) is 3.13. The van der Waals surface area contributed by atoms with Crippen molar-refractivity contribution in [1.82, 2.24) is 0 Å². The Labute approximate surface area is 84.4 Å². The van der Waals surface area contributed by atoms with Crippen LogP contribution in [-0.4, -0.2) is 10.2 Å². The van der Waals surface area contributed by atoms with Crippen molar-refractivity contribution in [2.45, 2.75) is 19.8 Å². The highest BCUT2D eigenvalue weighted by molar-refractivity contribution is 7.80. The minimum Gasteiger partial charge on any atom is -0.502 e. The highest BCUT2D eigenvalue weighted by Crippen LogP contribution is 2.12. The van der Waals surface area contributed by atoms with Crippen LogP contribution in [0.15, 0.2) is 30.3 Å². The molecule has 1 N–H and O–H groups in total. The Hall–Kier alpha value is -0.890. The summed E-state index contributed by atoms with van der Waals surface area (Å²) < 4.78 is 0. The Morgan fingerprint density at radius 1 is 1.38 bits per heavy atom. The standard InChI is InChI=1S/C11H14OS/c1-2-10(11(12)13)8-9-6-4-3-5-7-9/h3-7,10H,2,8H2,1H3,(H,12,13). The zero-order chi connectivity index (χ0) is 9.68. The molecule has 0 saturated heterocycles. The zero-order valence-corrected chi connectivity index (χ0v) is 8.55. The van der Waals surface area contributed by atoms with Gasteiger partial charge in [-0.3, -0.25) is 0 Å². The van der Waals surface area contributed by atoms with Crippen LogP contribution in [0.4, 0.5) is 0 Å². The molecule has 1 rings (SSSR count). The first-order valence-electron chi connectivity index (χ1n) is 4.50. The maximum atomic E-state index is 9.20. The molecule has 0 spiro atoms. The molecule has 0 fully saturated rings. The van der Waals surface area contributed by atoms with E-state index < -0.39 is 0 Å². The molecule has 0 amide bonds. The quantitative estimate of drug-likeness (QED) is 0.743. The van der Waals surface area contributed by atoms with Crippen molar-refractivity contribution in [1.29, 1.82) is 0 Å². The largest absolute Gasteiger partial charge is 0.502 e. The molecular formula is C11H14OS. The fraction of sp³-hybridized carbons (Fsp3) is 0.364. The molecule has 2 heteroatoms. The van der Waals surface area contributed by atoms with E-state index >= 15 is 0 Å². The predicted octanol–water partition coefficient (Wildman–Crippen LogP) is 3.14. The Kier molecular flexibility index (Phi) is 3.90. The van der Waals surface area contributed by atoms with Crippen LogP contribution in [0.2, 0.25) is 0 Å². The molecule has 0 aliphatic rings. The Morgan fingerprint density at radius 3 is 2.46 bits per heavy atom. The summed E-state index contributed by atoms with van der Waals surface area (Å²) >= 11 is 4.77. The fourth-order valence-electron chi connectivity index (χ4n) is 1.30. The highest BCUT2D eigenvalue weighted by Gasteiger charge is 2.11. The molecular weight excluding hydrogens is 180 g/mol. The van der Waals surface area contributed by atoms with Gasteiger partial charge in [-0.25, -0.2) is 0 Å². The lowest BCUT2D eigenvalue weighted by atomic mass is 9.98. The van der Waals surface area contributed by atoms with Gasteiger partial charge in [-0.15, -0.1) is 0 Å². The molecule has 1 aromatic carbocycles. The number of thiocarbonyl (C=S) groups is 1. The maximum absolute atomic E-state index is 9.20. The summed E-state index contributed by atoms with van der Waals surface area (Å²) in [5.41, 5.74) is 1.23. The highest BCUT2D eigenvalue weighted by atomic mass is 32.1. The molecule has 0 aliphatic heterocycles. The number of hydrogen-bond acceptors (Lipinski definition) is 1. The van der Waals surface area contributed by atoms with E-state index in [1.165, 1.54) is 5.56 Å². The summed E-state index contributed by atoms with van der Waals surface area (Å²) in [5.74, 6) is 0.123. The Morgan fingerprint density at radius 2 is 2.00 bits per heavy atom. The fourth-order valence-corrected chi connectivity index (χ4v) is 1.55. The lowest BCUT2D eigenvalue weighted by Gasteiger charge is -2.11. The number of hydrogen-bond donors (Lipinski definition) is 1. The molecule has 1 nitrogen and oxygen atoms in total. The minimum absolute atomic E-state index is 0.123. The normalized spacial score (nSPS) is 12.4. The van der Waals surface area contributed by atoms with Gasteiger partial charge in [0.2, 0.25) is 0 Å². The summed E-state index contributed by atoms with van der Waals surface area (Å²) in [7, 11) is 0. The average Bonchev–Trinajstić information content (AvgIpc) is 2.15.